The molecule has 1 unspecified atom stereocenters. The van der Waals surface area contributed by atoms with E-state index in [-0.39, 0.29) is 30.6 Å². The molecule has 7 heteroatoms. The minimum Gasteiger partial charge on any atom is -0.396 e. The summed E-state index contributed by atoms with van der Waals surface area (Å²) in [4.78, 5) is 4.64. The average Bonchev–Trinajstić information content (AvgIpc) is 2.90. The third-order valence-electron chi connectivity index (χ3n) is 3.48. The Hall–Kier alpha value is -0.830. The van der Waals surface area contributed by atoms with Crippen molar-refractivity contribution in [3.63, 3.8) is 0 Å². The van der Waals surface area contributed by atoms with Gasteiger partial charge in [0.05, 0.1) is 12.7 Å². The second-order valence-electron chi connectivity index (χ2n) is 5.59. The van der Waals surface area contributed by atoms with E-state index in [0.717, 1.165) is 51.4 Å². The van der Waals surface area contributed by atoms with Crippen LogP contribution in [0, 0.1) is 12.8 Å². The van der Waals surface area contributed by atoms with Crippen molar-refractivity contribution in [2.45, 2.75) is 46.6 Å². The first kappa shape index (κ1) is 22.2. The lowest BCUT2D eigenvalue weighted by molar-refractivity contribution is 0.253. The SMILES string of the molecule is CCCC(CCO)CN=C(NCC)NCCn1cc(C)cn1.I. The number of aliphatic hydroxyl groups is 1. The Labute approximate surface area is 157 Å². The monoisotopic (exact) mass is 437 g/mol. The summed E-state index contributed by atoms with van der Waals surface area (Å²) >= 11 is 0. The summed E-state index contributed by atoms with van der Waals surface area (Å²) in [7, 11) is 0. The van der Waals surface area contributed by atoms with Gasteiger partial charge in [-0.15, -0.1) is 24.0 Å². The predicted molar refractivity (Wildman–Crippen MR) is 106 cm³/mol. The molecule has 1 aromatic rings. The summed E-state index contributed by atoms with van der Waals surface area (Å²) in [6.45, 7) is 9.70. The number of aryl methyl sites for hydroxylation is 1. The van der Waals surface area contributed by atoms with Gasteiger partial charge in [-0.2, -0.15) is 5.10 Å². The van der Waals surface area contributed by atoms with E-state index in [4.69, 9.17) is 5.11 Å². The number of rotatable bonds is 10. The van der Waals surface area contributed by atoms with E-state index in [9.17, 15) is 0 Å². The van der Waals surface area contributed by atoms with Gasteiger partial charge in [0.2, 0.25) is 0 Å². The molecule has 0 spiro atoms. The van der Waals surface area contributed by atoms with Crippen LogP contribution in [0.2, 0.25) is 0 Å². The minimum absolute atomic E-state index is 0. The number of halogens is 1. The summed E-state index contributed by atoms with van der Waals surface area (Å²) in [5.41, 5.74) is 1.17. The van der Waals surface area contributed by atoms with Gasteiger partial charge in [-0.05, 0) is 38.2 Å². The maximum absolute atomic E-state index is 9.11. The Bertz CT molecular complexity index is 430. The van der Waals surface area contributed by atoms with Crippen LogP contribution in [0.3, 0.4) is 0 Å². The normalized spacial score (nSPS) is 12.6. The fourth-order valence-corrected chi connectivity index (χ4v) is 2.36. The molecule has 0 aromatic carbocycles. The fraction of sp³-hybridized carbons (Fsp3) is 0.750. The van der Waals surface area contributed by atoms with Crippen molar-refractivity contribution in [1.29, 1.82) is 0 Å². The maximum atomic E-state index is 9.11. The number of aliphatic hydroxyl groups excluding tert-OH is 1. The molecule has 1 atom stereocenters. The summed E-state index contributed by atoms with van der Waals surface area (Å²) in [6.07, 6.45) is 6.95. The second kappa shape index (κ2) is 13.6. The Morgan fingerprint density at radius 3 is 2.70 bits per heavy atom. The first-order chi connectivity index (χ1) is 10.7. The molecule has 0 fully saturated rings. The molecular weight excluding hydrogens is 405 g/mol. The molecule has 1 aromatic heterocycles. The van der Waals surface area contributed by atoms with Crippen LogP contribution < -0.4 is 10.6 Å². The number of nitrogens with one attached hydrogen (secondary N) is 2. The third kappa shape index (κ3) is 9.80. The predicted octanol–water partition coefficient (Wildman–Crippen LogP) is 2.16. The number of aromatic nitrogens is 2. The van der Waals surface area contributed by atoms with E-state index in [1.54, 1.807) is 0 Å². The van der Waals surface area contributed by atoms with E-state index in [1.165, 1.54) is 5.56 Å². The van der Waals surface area contributed by atoms with Crippen LogP contribution in [0.4, 0.5) is 0 Å². The lowest BCUT2D eigenvalue weighted by Gasteiger charge is -2.15. The van der Waals surface area contributed by atoms with Gasteiger partial charge in [0.15, 0.2) is 5.96 Å². The van der Waals surface area contributed by atoms with Gasteiger partial charge < -0.3 is 15.7 Å². The number of aliphatic imine (C=N–C) groups is 1. The molecule has 6 nitrogen and oxygen atoms in total. The summed E-state index contributed by atoms with van der Waals surface area (Å²) < 4.78 is 1.93. The van der Waals surface area contributed by atoms with E-state index in [2.05, 4.69) is 34.6 Å². The second-order valence-corrected chi connectivity index (χ2v) is 5.59. The Morgan fingerprint density at radius 1 is 1.35 bits per heavy atom. The zero-order chi connectivity index (χ0) is 16.2. The number of nitrogens with zero attached hydrogens (tertiary/aromatic N) is 3. The van der Waals surface area contributed by atoms with Crippen LogP contribution in [0.1, 0.15) is 38.7 Å². The Balaban J connectivity index is 0.00000484. The van der Waals surface area contributed by atoms with Crippen LogP contribution in [-0.2, 0) is 6.54 Å². The molecule has 1 rings (SSSR count). The van der Waals surface area contributed by atoms with Crippen LogP contribution >= 0.6 is 24.0 Å². The molecule has 134 valence electrons. The van der Waals surface area contributed by atoms with Crippen molar-refractivity contribution < 1.29 is 5.11 Å². The van der Waals surface area contributed by atoms with Gasteiger partial charge in [-0.1, -0.05) is 13.3 Å². The molecule has 1 heterocycles. The standard InChI is InChI=1S/C16H31N5O.HI/c1-4-6-15(7-10-22)12-19-16(17-5-2)18-8-9-21-13-14(3)11-20-21;/h11,13,15,22H,4-10,12H2,1-3H3,(H2,17,18,19);1H. The van der Waals surface area contributed by atoms with E-state index >= 15 is 0 Å². The quantitative estimate of drug-likeness (QED) is 0.298. The molecule has 0 aliphatic rings. The minimum atomic E-state index is 0. The van der Waals surface area contributed by atoms with Crippen LogP contribution in [0.15, 0.2) is 17.4 Å². The highest BCUT2D eigenvalue weighted by atomic mass is 127. The smallest absolute Gasteiger partial charge is 0.191 e. The lowest BCUT2D eigenvalue weighted by atomic mass is 10.0. The van der Waals surface area contributed by atoms with Gasteiger partial charge in [-0.3, -0.25) is 9.67 Å². The van der Waals surface area contributed by atoms with Crippen molar-refractivity contribution in [1.82, 2.24) is 20.4 Å². The van der Waals surface area contributed by atoms with Crippen LogP contribution in [-0.4, -0.2) is 47.1 Å². The first-order valence-corrected chi connectivity index (χ1v) is 8.31. The Kier molecular flexibility index (Phi) is 13.1. The van der Waals surface area contributed by atoms with Crippen LogP contribution in [0.25, 0.3) is 0 Å². The molecule has 0 saturated carbocycles. The van der Waals surface area contributed by atoms with Crippen molar-refractivity contribution in [3.8, 4) is 0 Å². The van der Waals surface area contributed by atoms with Crippen molar-refractivity contribution in [3.05, 3.63) is 18.0 Å². The summed E-state index contributed by atoms with van der Waals surface area (Å²) in [5.74, 6) is 1.30. The van der Waals surface area contributed by atoms with E-state index < -0.39 is 0 Å². The molecule has 0 amide bonds. The van der Waals surface area contributed by atoms with Crippen molar-refractivity contribution >= 4 is 29.9 Å². The molecule has 0 aliphatic heterocycles. The van der Waals surface area contributed by atoms with E-state index in [1.807, 2.05) is 24.0 Å². The number of hydrogen-bond acceptors (Lipinski definition) is 3. The van der Waals surface area contributed by atoms with Crippen LogP contribution in [0.5, 0.6) is 0 Å². The number of hydrogen-bond donors (Lipinski definition) is 3. The van der Waals surface area contributed by atoms with E-state index in [0.29, 0.717) is 5.92 Å². The third-order valence-corrected chi connectivity index (χ3v) is 3.48. The molecule has 0 saturated heterocycles. The Morgan fingerprint density at radius 2 is 2.13 bits per heavy atom. The maximum Gasteiger partial charge on any atom is 0.191 e. The molecule has 0 bridgehead atoms. The fourth-order valence-electron chi connectivity index (χ4n) is 2.36. The van der Waals surface area contributed by atoms with Crippen molar-refractivity contribution in [2.75, 3.05) is 26.2 Å². The molecule has 23 heavy (non-hydrogen) atoms. The summed E-state index contributed by atoms with van der Waals surface area (Å²) in [6, 6.07) is 0. The molecular formula is C16H32IN5O. The molecule has 3 N–H and O–H groups in total. The highest BCUT2D eigenvalue weighted by Gasteiger charge is 2.07. The first-order valence-electron chi connectivity index (χ1n) is 8.31. The van der Waals surface area contributed by atoms with Gasteiger partial charge >= 0.3 is 0 Å². The average molecular weight is 437 g/mol. The molecule has 0 radical (unpaired) electrons. The lowest BCUT2D eigenvalue weighted by Crippen LogP contribution is -2.39. The van der Waals surface area contributed by atoms with Gasteiger partial charge in [-0.25, -0.2) is 0 Å². The highest BCUT2D eigenvalue weighted by Crippen LogP contribution is 2.10. The van der Waals surface area contributed by atoms with Gasteiger partial charge in [0, 0.05) is 32.4 Å². The largest absolute Gasteiger partial charge is 0.396 e. The number of guanidine groups is 1. The zero-order valence-electron chi connectivity index (χ0n) is 14.6. The molecule has 0 aliphatic carbocycles. The topological polar surface area (TPSA) is 74.5 Å². The van der Waals surface area contributed by atoms with Gasteiger partial charge in [0.25, 0.3) is 0 Å². The zero-order valence-corrected chi connectivity index (χ0v) is 16.9. The van der Waals surface area contributed by atoms with Gasteiger partial charge in [0.1, 0.15) is 0 Å². The summed E-state index contributed by atoms with van der Waals surface area (Å²) in [5, 5.41) is 20.0. The highest BCUT2D eigenvalue weighted by molar-refractivity contribution is 14.0. The van der Waals surface area contributed by atoms with Crippen molar-refractivity contribution in [2.24, 2.45) is 10.9 Å².